The first-order valence-corrected chi connectivity index (χ1v) is 11.7. The Morgan fingerprint density at radius 2 is 1.81 bits per heavy atom. The number of amides is 3. The Hall–Kier alpha value is -2.74. The van der Waals surface area contributed by atoms with Crippen molar-refractivity contribution >= 4 is 28.6 Å². The molecule has 8 nitrogen and oxygen atoms in total. The first kappa shape index (κ1) is 22.5. The zero-order valence-electron chi connectivity index (χ0n) is 19.2. The topological polar surface area (TPSA) is 95.1 Å². The van der Waals surface area contributed by atoms with Gasteiger partial charge in [0.25, 0.3) is 5.91 Å². The summed E-state index contributed by atoms with van der Waals surface area (Å²) in [5, 5.41) is 4.04. The van der Waals surface area contributed by atoms with E-state index < -0.39 is 5.91 Å². The first-order valence-electron chi connectivity index (χ1n) is 11.7. The molecule has 1 aromatic heterocycles. The number of hydrogen-bond acceptors (Lipinski definition) is 5. The summed E-state index contributed by atoms with van der Waals surface area (Å²) in [6.45, 7) is 5.26. The van der Waals surface area contributed by atoms with Crippen molar-refractivity contribution in [3.63, 3.8) is 0 Å². The molecule has 8 heteroatoms. The lowest BCUT2D eigenvalue weighted by Gasteiger charge is -2.37. The van der Waals surface area contributed by atoms with Crippen molar-refractivity contribution in [2.75, 3.05) is 51.7 Å². The average molecular weight is 442 g/mol. The molecule has 0 spiro atoms. The second-order valence-corrected chi connectivity index (χ2v) is 9.38. The molecule has 2 aliphatic rings. The molecule has 32 heavy (non-hydrogen) atoms. The van der Waals surface area contributed by atoms with Crippen LogP contribution in [0.5, 0.6) is 0 Å². The lowest BCUT2D eigenvalue weighted by molar-refractivity contribution is 0.0976. The minimum atomic E-state index is -0.539. The lowest BCUT2D eigenvalue weighted by atomic mass is 9.84. The molecule has 4 rings (SSSR count). The molecule has 1 aliphatic carbocycles. The number of piperazine rings is 1. The standard InChI is InChI=1S/C24H35N5O3/c1-27(2)24(31)26-19-5-3-17(4-6-19)9-10-28-11-13-29(14-12-28)20-7-8-21-18(15-20)16-22(32-21)23(25)30/h7-8,15-17,19H,3-6,9-14H2,1-2H3,(H2,25,30)(H,26,31). The number of nitrogens with zero attached hydrogens (tertiary/aromatic N) is 3. The molecule has 1 saturated carbocycles. The summed E-state index contributed by atoms with van der Waals surface area (Å²) in [5.41, 5.74) is 7.18. The van der Waals surface area contributed by atoms with Crippen LogP contribution in [0.1, 0.15) is 42.7 Å². The van der Waals surface area contributed by atoms with E-state index in [2.05, 4.69) is 27.2 Å². The number of rotatable bonds is 6. The van der Waals surface area contributed by atoms with Gasteiger partial charge in [0.05, 0.1) is 0 Å². The Morgan fingerprint density at radius 3 is 2.47 bits per heavy atom. The Bertz CT molecular complexity index is 940. The monoisotopic (exact) mass is 441 g/mol. The van der Waals surface area contributed by atoms with Gasteiger partial charge in [-0.05, 0) is 68.8 Å². The third kappa shape index (κ3) is 5.35. The number of fused-ring (bicyclic) bond motifs is 1. The molecule has 0 atom stereocenters. The van der Waals surface area contributed by atoms with Crippen molar-refractivity contribution < 1.29 is 14.0 Å². The summed E-state index contributed by atoms with van der Waals surface area (Å²) in [5.74, 6) is 0.433. The molecular weight excluding hydrogens is 406 g/mol. The summed E-state index contributed by atoms with van der Waals surface area (Å²) in [7, 11) is 3.58. The van der Waals surface area contributed by atoms with Gasteiger partial charge in [-0.1, -0.05) is 0 Å². The number of furan rings is 1. The van der Waals surface area contributed by atoms with E-state index in [1.54, 1.807) is 25.1 Å². The van der Waals surface area contributed by atoms with Crippen LogP contribution in [0.4, 0.5) is 10.5 Å². The maximum atomic E-state index is 11.8. The van der Waals surface area contributed by atoms with Gasteiger partial charge in [-0.25, -0.2) is 4.79 Å². The molecule has 0 bridgehead atoms. The summed E-state index contributed by atoms with van der Waals surface area (Å²) < 4.78 is 5.49. The van der Waals surface area contributed by atoms with Crippen molar-refractivity contribution in [1.29, 1.82) is 0 Å². The minimum Gasteiger partial charge on any atom is -0.451 e. The van der Waals surface area contributed by atoms with Gasteiger partial charge in [-0.2, -0.15) is 0 Å². The number of nitrogens with two attached hydrogens (primary N) is 1. The van der Waals surface area contributed by atoms with E-state index in [1.807, 2.05) is 6.07 Å². The lowest BCUT2D eigenvalue weighted by Crippen LogP contribution is -2.47. The molecule has 1 aromatic carbocycles. The fourth-order valence-corrected chi connectivity index (χ4v) is 4.84. The second-order valence-electron chi connectivity index (χ2n) is 9.38. The van der Waals surface area contributed by atoms with Gasteiger partial charge >= 0.3 is 6.03 Å². The highest BCUT2D eigenvalue weighted by molar-refractivity contribution is 5.95. The van der Waals surface area contributed by atoms with Crippen molar-refractivity contribution in [2.45, 2.75) is 38.1 Å². The Labute approximate surface area is 189 Å². The number of anilines is 1. The zero-order chi connectivity index (χ0) is 22.7. The van der Waals surface area contributed by atoms with E-state index in [0.717, 1.165) is 62.6 Å². The second kappa shape index (κ2) is 9.81. The molecule has 174 valence electrons. The molecule has 0 radical (unpaired) electrons. The molecule has 1 saturated heterocycles. The van der Waals surface area contributed by atoms with Gasteiger partial charge < -0.3 is 25.3 Å². The van der Waals surface area contributed by atoms with Crippen LogP contribution >= 0.6 is 0 Å². The third-order valence-electron chi connectivity index (χ3n) is 6.91. The number of hydrogen-bond donors (Lipinski definition) is 2. The van der Waals surface area contributed by atoms with Gasteiger partial charge in [-0.15, -0.1) is 0 Å². The third-order valence-corrected chi connectivity index (χ3v) is 6.91. The number of nitrogens with one attached hydrogen (secondary N) is 1. The number of carbonyl (C=O) groups excluding carboxylic acids is 2. The number of primary amides is 1. The van der Waals surface area contributed by atoms with E-state index in [-0.39, 0.29) is 11.8 Å². The van der Waals surface area contributed by atoms with Crippen LogP contribution in [-0.2, 0) is 0 Å². The van der Waals surface area contributed by atoms with Crippen LogP contribution in [0, 0.1) is 5.92 Å². The van der Waals surface area contributed by atoms with Gasteiger partial charge in [0, 0.05) is 57.4 Å². The predicted molar refractivity (Wildman–Crippen MR) is 126 cm³/mol. The number of urea groups is 1. The molecule has 2 aromatic rings. The Morgan fingerprint density at radius 1 is 1.09 bits per heavy atom. The van der Waals surface area contributed by atoms with E-state index in [1.165, 1.54) is 19.3 Å². The Kier molecular flexibility index (Phi) is 6.89. The van der Waals surface area contributed by atoms with Crippen LogP contribution in [0.2, 0.25) is 0 Å². The molecule has 3 N–H and O–H groups in total. The van der Waals surface area contributed by atoms with Crippen LogP contribution in [0.3, 0.4) is 0 Å². The van der Waals surface area contributed by atoms with Crippen molar-refractivity contribution in [2.24, 2.45) is 11.7 Å². The fraction of sp³-hybridized carbons (Fsp3) is 0.583. The predicted octanol–water partition coefficient (Wildman–Crippen LogP) is 2.87. The Balaban J connectivity index is 1.20. The van der Waals surface area contributed by atoms with E-state index in [9.17, 15) is 9.59 Å². The summed E-state index contributed by atoms with van der Waals surface area (Å²) >= 11 is 0. The van der Waals surface area contributed by atoms with Crippen LogP contribution in [0.15, 0.2) is 28.7 Å². The van der Waals surface area contributed by atoms with Crippen molar-refractivity contribution in [1.82, 2.24) is 15.1 Å². The highest BCUT2D eigenvalue weighted by Gasteiger charge is 2.24. The molecule has 0 unspecified atom stereocenters. The molecular formula is C24H35N5O3. The summed E-state index contributed by atoms with van der Waals surface area (Å²) in [4.78, 5) is 29.7. The van der Waals surface area contributed by atoms with Gasteiger partial charge in [-0.3, -0.25) is 9.69 Å². The minimum absolute atomic E-state index is 0.0200. The summed E-state index contributed by atoms with van der Waals surface area (Å²) in [6, 6.07) is 8.12. The molecule has 1 aliphatic heterocycles. The van der Waals surface area contributed by atoms with Crippen LogP contribution in [0.25, 0.3) is 11.0 Å². The van der Waals surface area contributed by atoms with Gasteiger partial charge in [0.2, 0.25) is 0 Å². The zero-order valence-corrected chi connectivity index (χ0v) is 19.2. The van der Waals surface area contributed by atoms with Crippen LogP contribution < -0.4 is 16.0 Å². The highest BCUT2D eigenvalue weighted by Crippen LogP contribution is 2.28. The first-order chi connectivity index (χ1) is 15.4. The SMILES string of the molecule is CN(C)C(=O)NC1CCC(CCN2CCN(c3ccc4oc(C(N)=O)cc4c3)CC2)CC1. The summed E-state index contributed by atoms with van der Waals surface area (Å²) in [6.07, 6.45) is 5.83. The van der Waals surface area contributed by atoms with E-state index >= 15 is 0 Å². The van der Waals surface area contributed by atoms with E-state index in [4.69, 9.17) is 10.2 Å². The maximum Gasteiger partial charge on any atom is 0.317 e. The largest absolute Gasteiger partial charge is 0.451 e. The molecule has 3 amide bonds. The van der Waals surface area contributed by atoms with E-state index in [0.29, 0.717) is 11.6 Å². The smallest absolute Gasteiger partial charge is 0.317 e. The van der Waals surface area contributed by atoms with Gasteiger partial charge in [0.1, 0.15) is 5.58 Å². The molecule has 2 heterocycles. The molecule has 2 fully saturated rings. The normalized spacial score (nSPS) is 22.1. The van der Waals surface area contributed by atoms with Gasteiger partial charge in [0.15, 0.2) is 5.76 Å². The highest BCUT2D eigenvalue weighted by atomic mass is 16.3. The van der Waals surface area contributed by atoms with Crippen molar-refractivity contribution in [3.8, 4) is 0 Å². The quantitative estimate of drug-likeness (QED) is 0.719. The van der Waals surface area contributed by atoms with Crippen LogP contribution in [-0.4, -0.2) is 74.6 Å². The maximum absolute atomic E-state index is 11.8. The average Bonchev–Trinajstić information content (AvgIpc) is 3.23. The van der Waals surface area contributed by atoms with Crippen molar-refractivity contribution in [3.05, 3.63) is 30.0 Å². The number of benzene rings is 1. The number of carbonyl (C=O) groups is 2. The fourth-order valence-electron chi connectivity index (χ4n) is 4.84.